The second-order valence-corrected chi connectivity index (χ2v) is 7.87. The molecule has 0 saturated carbocycles. The number of benzene rings is 3. The van der Waals surface area contributed by atoms with E-state index in [1.807, 2.05) is 0 Å². The Morgan fingerprint density at radius 1 is 0.767 bits per heavy atom. The molecule has 3 rings (SSSR count). The number of hydrogen-bond donors (Lipinski definition) is 0. The van der Waals surface area contributed by atoms with Gasteiger partial charge >= 0.3 is 192 Å². The SMILES string of the molecule is [Li]/[CH]=C/C(CCCCC)COC(c1ccccc1)(c1ccccc1)c1ccccc1. The zero-order valence-electron chi connectivity index (χ0n) is 18.3. The Morgan fingerprint density at radius 3 is 1.63 bits per heavy atom. The Morgan fingerprint density at radius 2 is 1.23 bits per heavy atom. The van der Waals surface area contributed by atoms with Gasteiger partial charge in [0.2, 0.25) is 0 Å². The van der Waals surface area contributed by atoms with E-state index in [0.29, 0.717) is 12.5 Å². The number of ether oxygens (including phenoxy) is 1. The molecular weight excluding hydrogens is 359 g/mol. The van der Waals surface area contributed by atoms with Crippen molar-refractivity contribution < 1.29 is 4.74 Å². The van der Waals surface area contributed by atoms with Gasteiger partial charge in [0.15, 0.2) is 0 Å². The van der Waals surface area contributed by atoms with E-state index in [1.165, 1.54) is 19.3 Å². The van der Waals surface area contributed by atoms with Crippen molar-refractivity contribution in [2.45, 2.75) is 38.2 Å². The Kier molecular flexibility index (Phi) is 9.03. The third-order valence-corrected chi connectivity index (χ3v) is 5.70. The zero-order valence-corrected chi connectivity index (χ0v) is 18.3. The van der Waals surface area contributed by atoms with E-state index in [4.69, 9.17) is 4.74 Å². The summed E-state index contributed by atoms with van der Waals surface area (Å²) in [6, 6.07) is 31.9. The van der Waals surface area contributed by atoms with Gasteiger partial charge in [-0.2, -0.15) is 0 Å². The van der Waals surface area contributed by atoms with Gasteiger partial charge in [0.25, 0.3) is 0 Å². The molecule has 0 spiro atoms. The molecule has 0 aliphatic heterocycles. The maximum absolute atomic E-state index is 6.98. The van der Waals surface area contributed by atoms with Gasteiger partial charge in [-0.25, -0.2) is 0 Å². The van der Waals surface area contributed by atoms with Gasteiger partial charge in [0.05, 0.1) is 0 Å². The molecule has 0 aromatic heterocycles. The van der Waals surface area contributed by atoms with E-state index in [2.05, 4.69) is 126 Å². The van der Waals surface area contributed by atoms with Crippen LogP contribution in [-0.2, 0) is 10.3 Å². The van der Waals surface area contributed by atoms with Crippen LogP contribution in [-0.4, -0.2) is 24.3 Å². The Balaban J connectivity index is 2.04. The van der Waals surface area contributed by atoms with E-state index in [9.17, 15) is 0 Å². The third kappa shape index (κ3) is 5.55. The molecule has 0 N–H and O–H groups in total. The molecule has 2 heteroatoms. The van der Waals surface area contributed by atoms with Gasteiger partial charge in [-0.15, -0.1) is 0 Å². The molecule has 0 amide bonds. The van der Waals surface area contributed by atoms with Gasteiger partial charge in [0, 0.05) is 0 Å². The van der Waals surface area contributed by atoms with Crippen molar-refractivity contribution in [3.8, 4) is 0 Å². The molecule has 150 valence electrons. The monoisotopic (exact) mass is 390 g/mol. The van der Waals surface area contributed by atoms with Crippen LogP contribution in [0.1, 0.15) is 49.3 Å². The summed E-state index contributed by atoms with van der Waals surface area (Å²) >= 11 is 2.10. The number of rotatable bonds is 11. The van der Waals surface area contributed by atoms with Gasteiger partial charge in [-0.1, -0.05) is 0 Å². The second kappa shape index (κ2) is 12.0. The van der Waals surface area contributed by atoms with E-state index < -0.39 is 5.60 Å². The third-order valence-electron chi connectivity index (χ3n) is 5.70. The molecule has 3 aromatic rings. The number of unbranched alkanes of at least 4 members (excludes halogenated alkanes) is 2. The van der Waals surface area contributed by atoms with Crippen LogP contribution in [0.4, 0.5) is 0 Å². The summed E-state index contributed by atoms with van der Waals surface area (Å²) in [7, 11) is 0. The summed E-state index contributed by atoms with van der Waals surface area (Å²) in [5, 5.41) is 0. The molecule has 0 aliphatic carbocycles. The van der Waals surface area contributed by atoms with Crippen molar-refractivity contribution in [1.82, 2.24) is 0 Å². The molecule has 1 atom stereocenters. The average molecular weight is 390 g/mol. The normalized spacial score (nSPS) is 12.9. The van der Waals surface area contributed by atoms with Crippen molar-refractivity contribution in [3.63, 3.8) is 0 Å². The molecular formula is C28H31LiO. The first-order valence-corrected chi connectivity index (χ1v) is 11.2. The second-order valence-electron chi connectivity index (χ2n) is 7.87. The summed E-state index contributed by atoms with van der Waals surface area (Å²) in [5.74, 6) is 0.414. The van der Waals surface area contributed by atoms with Crippen LogP contribution < -0.4 is 0 Å². The summed E-state index contributed by atoms with van der Waals surface area (Å²) in [6.07, 6.45) is 7.22. The number of hydrogen-bond acceptors (Lipinski definition) is 1. The van der Waals surface area contributed by atoms with E-state index in [0.717, 1.165) is 23.1 Å². The van der Waals surface area contributed by atoms with Crippen LogP contribution in [0, 0.1) is 5.92 Å². The van der Waals surface area contributed by atoms with E-state index >= 15 is 0 Å². The topological polar surface area (TPSA) is 9.23 Å². The van der Waals surface area contributed by atoms with Crippen molar-refractivity contribution in [2.75, 3.05) is 6.61 Å². The molecule has 0 fully saturated rings. The van der Waals surface area contributed by atoms with Crippen LogP contribution in [0.25, 0.3) is 0 Å². The Labute approximate surface area is 191 Å². The summed E-state index contributed by atoms with van der Waals surface area (Å²) in [4.78, 5) is 0. The molecule has 30 heavy (non-hydrogen) atoms. The predicted molar refractivity (Wildman–Crippen MR) is 128 cm³/mol. The Bertz CT molecular complexity index is 778. The molecule has 3 aromatic carbocycles. The molecule has 0 saturated heterocycles. The summed E-state index contributed by atoms with van der Waals surface area (Å²) in [6.45, 7) is 2.94. The first kappa shape index (κ1) is 22.6. The van der Waals surface area contributed by atoms with Crippen LogP contribution in [0.3, 0.4) is 0 Å². The van der Waals surface area contributed by atoms with Crippen LogP contribution in [0.15, 0.2) is 102 Å². The van der Waals surface area contributed by atoms with Crippen molar-refractivity contribution in [2.24, 2.45) is 5.92 Å². The van der Waals surface area contributed by atoms with Crippen molar-refractivity contribution in [3.05, 3.63) is 119 Å². The maximum atomic E-state index is 6.98. The van der Waals surface area contributed by atoms with E-state index in [1.54, 1.807) is 0 Å². The van der Waals surface area contributed by atoms with Crippen LogP contribution >= 0.6 is 0 Å². The van der Waals surface area contributed by atoms with Gasteiger partial charge in [0.1, 0.15) is 0 Å². The van der Waals surface area contributed by atoms with Crippen molar-refractivity contribution in [1.29, 1.82) is 0 Å². The molecule has 0 radical (unpaired) electrons. The standard InChI is InChI=1S/C28H31O.Li/c1-3-5-9-16-24(4-2)23-29-28(25-17-10-6-11-18-25,26-19-12-7-13-20-26)27-21-14-8-15-22-27;/h2,4,6-8,10-15,17-22,24H,3,5,9,16,23H2,1H3;. The summed E-state index contributed by atoms with van der Waals surface area (Å²) in [5.41, 5.74) is 2.86. The zero-order chi connectivity index (χ0) is 21.1. The summed E-state index contributed by atoms with van der Waals surface area (Å²) < 4.78 is 9.14. The fraction of sp³-hybridized carbons (Fsp3) is 0.286. The molecule has 1 nitrogen and oxygen atoms in total. The fourth-order valence-corrected chi connectivity index (χ4v) is 4.16. The van der Waals surface area contributed by atoms with Crippen LogP contribution in [0.5, 0.6) is 0 Å². The van der Waals surface area contributed by atoms with E-state index in [-0.39, 0.29) is 0 Å². The predicted octanol–water partition coefficient (Wildman–Crippen LogP) is 6.87. The molecule has 0 heterocycles. The minimum absolute atomic E-state index is 0.414. The van der Waals surface area contributed by atoms with Gasteiger partial charge < -0.3 is 0 Å². The molecule has 1 unspecified atom stereocenters. The van der Waals surface area contributed by atoms with Crippen LogP contribution in [0.2, 0.25) is 0 Å². The minimum atomic E-state index is -0.631. The first-order chi connectivity index (χ1) is 14.8. The molecule has 0 aliphatic rings. The van der Waals surface area contributed by atoms with Crippen molar-refractivity contribution >= 4 is 17.7 Å². The Hall–Kier alpha value is -2.04. The average Bonchev–Trinajstić information content (AvgIpc) is 2.82. The molecule has 0 bridgehead atoms. The van der Waals surface area contributed by atoms with Gasteiger partial charge in [-0.05, 0) is 0 Å². The quantitative estimate of drug-likeness (QED) is 0.197. The van der Waals surface area contributed by atoms with Gasteiger partial charge in [-0.3, -0.25) is 0 Å². The fourth-order valence-electron chi connectivity index (χ4n) is 4.16. The first-order valence-electron chi connectivity index (χ1n) is 11.2.